The number of carbonyl (C=O) groups excluding carboxylic acids is 1. The fraction of sp³-hybridized carbons (Fsp3) is 0.179. The van der Waals surface area contributed by atoms with Gasteiger partial charge >= 0.3 is 12.4 Å². The minimum atomic E-state index is -5.06. The molecule has 0 bridgehead atoms. The molecule has 4 aromatic rings. The molecule has 0 unspecified atom stereocenters. The highest BCUT2D eigenvalue weighted by molar-refractivity contribution is 6.73. The van der Waals surface area contributed by atoms with Crippen molar-refractivity contribution in [3.63, 3.8) is 0 Å². The zero-order valence-electron chi connectivity index (χ0n) is 21.9. The van der Waals surface area contributed by atoms with Gasteiger partial charge in [-0.1, -0.05) is 65.3 Å². The first-order valence-corrected chi connectivity index (χ1v) is 12.7. The Labute approximate surface area is 245 Å². The number of rotatable bonds is 9. The van der Waals surface area contributed by atoms with E-state index < -0.39 is 48.0 Å². The van der Waals surface area contributed by atoms with Crippen LogP contribution in [-0.2, 0) is 18.9 Å². The number of ketones is 1. The van der Waals surface area contributed by atoms with Gasteiger partial charge in [0.05, 0.1) is 35.8 Å². The number of hydrogen-bond acceptors (Lipinski definition) is 7. The zero-order chi connectivity index (χ0) is 31.4. The normalized spacial score (nSPS) is 12.9. The molecule has 1 aromatic heterocycles. The summed E-state index contributed by atoms with van der Waals surface area (Å²) in [6, 6.07) is 15.4. The first-order valence-electron chi connectivity index (χ1n) is 12.4. The molecular formula is C28H21ClF6N6O2. The average Bonchev–Trinajstić information content (AvgIpc) is 3.38. The Morgan fingerprint density at radius 1 is 0.930 bits per heavy atom. The van der Waals surface area contributed by atoms with Crippen LogP contribution >= 0.6 is 11.6 Å². The second-order valence-corrected chi connectivity index (χ2v) is 9.37. The van der Waals surface area contributed by atoms with Crippen LogP contribution < -0.4 is 5.84 Å². The molecule has 0 spiro atoms. The summed E-state index contributed by atoms with van der Waals surface area (Å²) in [4.78, 5) is 18.1. The first-order chi connectivity index (χ1) is 20.3. The number of halogens is 7. The zero-order valence-corrected chi connectivity index (χ0v) is 22.6. The summed E-state index contributed by atoms with van der Waals surface area (Å²) in [7, 11) is 0. The smallest absolute Gasteiger partial charge is 0.394 e. The molecule has 0 radical (unpaired) electrons. The van der Waals surface area contributed by atoms with Gasteiger partial charge in [0.25, 0.3) is 0 Å². The fourth-order valence-electron chi connectivity index (χ4n) is 4.18. The Morgan fingerprint density at radius 2 is 1.53 bits per heavy atom. The van der Waals surface area contributed by atoms with Crippen LogP contribution in [0.25, 0.3) is 11.3 Å². The minimum Gasteiger partial charge on any atom is -0.394 e. The molecule has 43 heavy (non-hydrogen) atoms. The van der Waals surface area contributed by atoms with Gasteiger partial charge in [-0.25, -0.2) is 4.68 Å². The molecule has 4 rings (SSSR count). The van der Waals surface area contributed by atoms with Crippen LogP contribution in [0.4, 0.5) is 26.3 Å². The van der Waals surface area contributed by atoms with Crippen LogP contribution in [0, 0.1) is 0 Å². The van der Waals surface area contributed by atoms with Crippen LogP contribution in [0.1, 0.15) is 32.7 Å². The lowest BCUT2D eigenvalue weighted by molar-refractivity contribution is -0.143. The van der Waals surface area contributed by atoms with Crippen LogP contribution in [0.3, 0.4) is 0 Å². The highest BCUT2D eigenvalue weighted by Crippen LogP contribution is 2.37. The average molecular weight is 623 g/mol. The first kappa shape index (κ1) is 31.4. The predicted octanol–water partition coefficient (Wildman–Crippen LogP) is 5.66. The molecule has 0 aliphatic carbocycles. The number of aliphatic imine (C=N–C) groups is 1. The summed E-state index contributed by atoms with van der Waals surface area (Å²) in [6.45, 7) is -1.31. The Kier molecular flexibility index (Phi) is 9.30. The van der Waals surface area contributed by atoms with Gasteiger partial charge in [-0.2, -0.15) is 31.4 Å². The SMILES string of the molecule is NN=C(C(=NCCO)C(=O)c1nnn(Cc2cc(C(F)(F)F)cc(C(F)(F)F)c2)c1-c1ccccc1)c1ccccc1Cl. The van der Waals surface area contributed by atoms with E-state index in [1.165, 1.54) is 12.1 Å². The number of alkyl halides is 6. The highest BCUT2D eigenvalue weighted by atomic mass is 35.5. The maximum absolute atomic E-state index is 14.0. The van der Waals surface area contributed by atoms with Crippen LogP contribution in [-0.4, -0.2) is 50.5 Å². The molecule has 0 amide bonds. The lowest BCUT2D eigenvalue weighted by Gasteiger charge is -2.15. The molecule has 3 N–H and O–H groups in total. The third-order valence-corrected chi connectivity index (χ3v) is 6.37. The monoisotopic (exact) mass is 622 g/mol. The number of benzene rings is 3. The van der Waals surface area contributed by atoms with Crippen molar-refractivity contribution in [2.75, 3.05) is 13.2 Å². The van der Waals surface area contributed by atoms with Gasteiger partial charge in [0, 0.05) is 11.1 Å². The maximum Gasteiger partial charge on any atom is 0.416 e. The second kappa shape index (κ2) is 12.8. The molecular weight excluding hydrogens is 602 g/mol. The van der Waals surface area contributed by atoms with E-state index in [1.54, 1.807) is 42.5 Å². The number of carbonyl (C=O) groups is 1. The molecule has 15 heteroatoms. The van der Waals surface area contributed by atoms with E-state index in [2.05, 4.69) is 20.4 Å². The van der Waals surface area contributed by atoms with E-state index in [1.807, 2.05) is 0 Å². The summed E-state index contributed by atoms with van der Waals surface area (Å²) in [5.74, 6) is 4.74. The lowest BCUT2D eigenvalue weighted by atomic mass is 9.98. The van der Waals surface area contributed by atoms with E-state index in [9.17, 15) is 36.2 Å². The molecule has 8 nitrogen and oxygen atoms in total. The van der Waals surface area contributed by atoms with Crippen molar-refractivity contribution < 1.29 is 36.2 Å². The van der Waals surface area contributed by atoms with Gasteiger partial charge in [0.1, 0.15) is 17.1 Å². The quantitative estimate of drug-likeness (QED) is 0.0821. The van der Waals surface area contributed by atoms with Crippen molar-refractivity contribution in [3.8, 4) is 11.3 Å². The van der Waals surface area contributed by atoms with Crippen molar-refractivity contribution in [3.05, 3.63) is 106 Å². The van der Waals surface area contributed by atoms with Crippen molar-refractivity contribution in [1.29, 1.82) is 0 Å². The molecule has 0 atom stereocenters. The van der Waals surface area contributed by atoms with E-state index >= 15 is 0 Å². The lowest BCUT2D eigenvalue weighted by Crippen LogP contribution is -2.28. The third kappa shape index (κ3) is 7.09. The van der Waals surface area contributed by atoms with E-state index in [0.29, 0.717) is 17.7 Å². The molecule has 1 heterocycles. The van der Waals surface area contributed by atoms with Crippen LogP contribution in [0.5, 0.6) is 0 Å². The van der Waals surface area contributed by atoms with Crippen molar-refractivity contribution in [1.82, 2.24) is 15.0 Å². The second-order valence-electron chi connectivity index (χ2n) is 8.97. The Balaban J connectivity index is 1.88. The Hall–Kier alpha value is -4.56. The molecule has 3 aromatic carbocycles. The summed E-state index contributed by atoms with van der Waals surface area (Å²) in [5, 5.41) is 21.1. The molecule has 0 aliphatic heterocycles. The number of nitrogens with zero attached hydrogens (tertiary/aromatic N) is 5. The van der Waals surface area contributed by atoms with Gasteiger partial charge in [0.15, 0.2) is 5.69 Å². The maximum atomic E-state index is 14.0. The number of Topliss-reactive ketones (excluding diaryl/α,β-unsaturated/α-hetero) is 1. The summed E-state index contributed by atoms with van der Waals surface area (Å²) in [6.07, 6.45) is -10.1. The third-order valence-electron chi connectivity index (χ3n) is 6.04. The van der Waals surface area contributed by atoms with Gasteiger partial charge in [-0.15, -0.1) is 5.10 Å². The van der Waals surface area contributed by atoms with Gasteiger partial charge in [0.2, 0.25) is 5.78 Å². The molecule has 0 saturated carbocycles. The predicted molar refractivity (Wildman–Crippen MR) is 147 cm³/mol. The van der Waals surface area contributed by atoms with E-state index in [4.69, 9.17) is 17.4 Å². The van der Waals surface area contributed by atoms with E-state index in [0.717, 1.165) is 4.68 Å². The number of hydrazone groups is 1. The number of aliphatic hydroxyl groups is 1. The minimum absolute atomic E-state index is 0.0181. The standard InChI is InChI=1S/C28H21ClF6N6O2/c29-21-9-5-4-8-20(21)22(38-36)23(37-10-11-42)26(43)24-25(17-6-2-1-3-7-17)41(40-39-24)15-16-12-18(27(30,31)32)14-19(13-16)28(33,34)35/h1-9,12-14,42H,10-11,15,36H2. The summed E-state index contributed by atoms with van der Waals surface area (Å²) >= 11 is 6.29. The van der Waals surface area contributed by atoms with Crippen LogP contribution in [0.15, 0.2) is 82.9 Å². The Bertz CT molecular complexity index is 1650. The van der Waals surface area contributed by atoms with Crippen molar-refractivity contribution in [2.24, 2.45) is 15.9 Å². The topological polar surface area (TPSA) is 119 Å². The van der Waals surface area contributed by atoms with E-state index in [-0.39, 0.29) is 46.0 Å². The Morgan fingerprint density at radius 3 is 2.09 bits per heavy atom. The number of hydrogen-bond donors (Lipinski definition) is 2. The van der Waals surface area contributed by atoms with Gasteiger partial charge < -0.3 is 10.9 Å². The number of aromatic nitrogens is 3. The molecule has 0 saturated heterocycles. The molecule has 224 valence electrons. The number of nitrogens with two attached hydrogens (primary N) is 1. The largest absolute Gasteiger partial charge is 0.416 e. The molecule has 0 fully saturated rings. The van der Waals surface area contributed by atoms with Crippen LogP contribution in [0.2, 0.25) is 5.02 Å². The van der Waals surface area contributed by atoms with Gasteiger partial charge in [-0.05, 0) is 29.8 Å². The fourth-order valence-corrected chi connectivity index (χ4v) is 4.41. The molecule has 0 aliphatic rings. The highest BCUT2D eigenvalue weighted by Gasteiger charge is 2.37. The van der Waals surface area contributed by atoms with Gasteiger partial charge in [-0.3, -0.25) is 9.79 Å². The van der Waals surface area contributed by atoms with Crippen molar-refractivity contribution >= 4 is 28.8 Å². The summed E-state index contributed by atoms with van der Waals surface area (Å²) in [5.41, 5.74) is -3.72. The number of aliphatic hydroxyl groups excluding tert-OH is 1. The summed E-state index contributed by atoms with van der Waals surface area (Å²) < 4.78 is 81.9. The van der Waals surface area contributed by atoms with Crippen molar-refractivity contribution in [2.45, 2.75) is 18.9 Å².